The minimum absolute atomic E-state index is 0.240. The number of methoxy groups -OCH3 is 1. The molecule has 0 radical (unpaired) electrons. The van der Waals surface area contributed by atoms with Crippen molar-refractivity contribution in [2.24, 2.45) is 4.99 Å². The summed E-state index contributed by atoms with van der Waals surface area (Å²) in [6, 6.07) is 4.53. The highest BCUT2D eigenvalue weighted by Gasteiger charge is 2.14. The predicted molar refractivity (Wildman–Crippen MR) is 53.6 cm³/mol. The molecule has 0 fully saturated rings. The van der Waals surface area contributed by atoms with Gasteiger partial charge in [0.15, 0.2) is 0 Å². The van der Waals surface area contributed by atoms with E-state index in [1.54, 1.807) is 13.2 Å². The van der Waals surface area contributed by atoms with Crippen LogP contribution in [-0.2, 0) is 0 Å². The lowest BCUT2D eigenvalue weighted by atomic mass is 10.1. The standard InChI is InChI=1S/C11H12FNO/c1-14-11-5-4-8(12)7-9(11)10-3-2-6-13-10/h4-5,7H,2-3,6H2,1H3. The fourth-order valence-corrected chi connectivity index (χ4v) is 1.67. The van der Waals surface area contributed by atoms with Crippen LogP contribution in [0.5, 0.6) is 5.75 Å². The zero-order valence-electron chi connectivity index (χ0n) is 8.09. The number of benzene rings is 1. The minimum atomic E-state index is -0.240. The first-order valence-electron chi connectivity index (χ1n) is 4.68. The van der Waals surface area contributed by atoms with Gasteiger partial charge in [0.2, 0.25) is 0 Å². The Hall–Kier alpha value is -1.38. The van der Waals surface area contributed by atoms with E-state index in [0.717, 1.165) is 30.7 Å². The molecular weight excluding hydrogens is 181 g/mol. The quantitative estimate of drug-likeness (QED) is 0.706. The second kappa shape index (κ2) is 3.78. The zero-order valence-corrected chi connectivity index (χ0v) is 8.09. The first kappa shape index (κ1) is 9.19. The molecule has 0 saturated carbocycles. The van der Waals surface area contributed by atoms with E-state index in [0.29, 0.717) is 5.75 Å². The third-order valence-electron chi connectivity index (χ3n) is 2.35. The molecule has 3 heteroatoms. The number of hydrogen-bond donors (Lipinski definition) is 0. The molecule has 14 heavy (non-hydrogen) atoms. The summed E-state index contributed by atoms with van der Waals surface area (Å²) in [5.41, 5.74) is 1.76. The third kappa shape index (κ3) is 1.62. The minimum Gasteiger partial charge on any atom is -0.496 e. The van der Waals surface area contributed by atoms with Gasteiger partial charge in [-0.2, -0.15) is 0 Å². The first-order chi connectivity index (χ1) is 6.81. The van der Waals surface area contributed by atoms with Crippen molar-refractivity contribution in [2.75, 3.05) is 13.7 Å². The summed E-state index contributed by atoms with van der Waals surface area (Å²) in [4.78, 5) is 4.33. The lowest BCUT2D eigenvalue weighted by Crippen LogP contribution is -2.00. The first-order valence-corrected chi connectivity index (χ1v) is 4.68. The summed E-state index contributed by atoms with van der Waals surface area (Å²) in [5, 5.41) is 0. The molecule has 1 aliphatic rings. The van der Waals surface area contributed by atoms with Crippen LogP contribution in [0.3, 0.4) is 0 Å². The molecule has 0 saturated heterocycles. The van der Waals surface area contributed by atoms with Crippen molar-refractivity contribution < 1.29 is 9.13 Å². The molecule has 74 valence electrons. The normalized spacial score (nSPS) is 15.4. The van der Waals surface area contributed by atoms with Crippen LogP contribution in [0.4, 0.5) is 4.39 Å². The summed E-state index contributed by atoms with van der Waals surface area (Å²) in [7, 11) is 1.59. The van der Waals surface area contributed by atoms with E-state index in [1.165, 1.54) is 12.1 Å². The van der Waals surface area contributed by atoms with E-state index in [2.05, 4.69) is 4.99 Å². The smallest absolute Gasteiger partial charge is 0.128 e. The van der Waals surface area contributed by atoms with E-state index in [4.69, 9.17) is 4.74 Å². The Balaban J connectivity index is 2.43. The van der Waals surface area contributed by atoms with Gasteiger partial charge in [0, 0.05) is 17.8 Å². The van der Waals surface area contributed by atoms with Crippen molar-refractivity contribution in [3.05, 3.63) is 29.6 Å². The predicted octanol–water partition coefficient (Wildman–Crippen LogP) is 2.42. The van der Waals surface area contributed by atoms with Crippen LogP contribution in [0, 0.1) is 5.82 Å². The Morgan fingerprint density at radius 2 is 2.29 bits per heavy atom. The van der Waals surface area contributed by atoms with Crippen LogP contribution < -0.4 is 4.74 Å². The van der Waals surface area contributed by atoms with Crippen LogP contribution in [0.2, 0.25) is 0 Å². The summed E-state index contributed by atoms with van der Waals surface area (Å²) < 4.78 is 18.2. The van der Waals surface area contributed by atoms with Gasteiger partial charge in [-0.05, 0) is 31.0 Å². The number of hydrogen-bond acceptors (Lipinski definition) is 2. The molecule has 2 nitrogen and oxygen atoms in total. The fraction of sp³-hybridized carbons (Fsp3) is 0.364. The Morgan fingerprint density at radius 3 is 2.93 bits per heavy atom. The second-order valence-electron chi connectivity index (χ2n) is 3.28. The Kier molecular flexibility index (Phi) is 2.48. The number of nitrogens with zero attached hydrogens (tertiary/aromatic N) is 1. The van der Waals surface area contributed by atoms with Crippen molar-refractivity contribution in [2.45, 2.75) is 12.8 Å². The average molecular weight is 193 g/mol. The highest BCUT2D eigenvalue weighted by molar-refractivity contribution is 6.03. The van der Waals surface area contributed by atoms with Crippen LogP contribution in [0.1, 0.15) is 18.4 Å². The molecule has 0 N–H and O–H groups in total. The SMILES string of the molecule is COc1ccc(F)cc1C1=NCCC1. The molecule has 1 aromatic rings. The number of halogens is 1. The molecule has 0 aromatic heterocycles. The van der Waals surface area contributed by atoms with Crippen LogP contribution in [0.25, 0.3) is 0 Å². The van der Waals surface area contributed by atoms with Gasteiger partial charge in [-0.25, -0.2) is 4.39 Å². The van der Waals surface area contributed by atoms with Crippen molar-refractivity contribution in [1.82, 2.24) is 0 Å². The average Bonchev–Trinajstić information content (AvgIpc) is 2.70. The second-order valence-corrected chi connectivity index (χ2v) is 3.28. The van der Waals surface area contributed by atoms with E-state index in [-0.39, 0.29) is 5.82 Å². The Morgan fingerprint density at radius 1 is 1.43 bits per heavy atom. The maximum atomic E-state index is 13.0. The molecule has 1 heterocycles. The highest BCUT2D eigenvalue weighted by Crippen LogP contribution is 2.24. The van der Waals surface area contributed by atoms with Crippen molar-refractivity contribution in [3.8, 4) is 5.75 Å². The molecule has 0 bridgehead atoms. The molecule has 1 aliphatic heterocycles. The van der Waals surface area contributed by atoms with E-state index >= 15 is 0 Å². The van der Waals surface area contributed by atoms with Crippen LogP contribution in [0.15, 0.2) is 23.2 Å². The summed E-state index contributed by atoms with van der Waals surface area (Å²) >= 11 is 0. The van der Waals surface area contributed by atoms with Gasteiger partial charge >= 0.3 is 0 Å². The monoisotopic (exact) mass is 193 g/mol. The van der Waals surface area contributed by atoms with Gasteiger partial charge in [0.25, 0.3) is 0 Å². The topological polar surface area (TPSA) is 21.6 Å². The van der Waals surface area contributed by atoms with Gasteiger partial charge in [0.1, 0.15) is 11.6 Å². The van der Waals surface area contributed by atoms with Gasteiger partial charge in [-0.15, -0.1) is 0 Å². The molecule has 0 unspecified atom stereocenters. The van der Waals surface area contributed by atoms with E-state index < -0.39 is 0 Å². The van der Waals surface area contributed by atoms with Crippen molar-refractivity contribution in [1.29, 1.82) is 0 Å². The third-order valence-corrected chi connectivity index (χ3v) is 2.35. The number of ether oxygens (including phenoxy) is 1. The molecule has 0 atom stereocenters. The van der Waals surface area contributed by atoms with Crippen LogP contribution in [-0.4, -0.2) is 19.4 Å². The van der Waals surface area contributed by atoms with Crippen molar-refractivity contribution in [3.63, 3.8) is 0 Å². The van der Waals surface area contributed by atoms with Crippen molar-refractivity contribution >= 4 is 5.71 Å². The molecular formula is C11H12FNO. The Labute approximate surface area is 82.4 Å². The van der Waals surface area contributed by atoms with Gasteiger partial charge in [-0.3, -0.25) is 4.99 Å². The highest BCUT2D eigenvalue weighted by atomic mass is 19.1. The zero-order chi connectivity index (χ0) is 9.97. The van der Waals surface area contributed by atoms with Crippen LogP contribution >= 0.6 is 0 Å². The van der Waals surface area contributed by atoms with Gasteiger partial charge in [0.05, 0.1) is 7.11 Å². The lowest BCUT2D eigenvalue weighted by Gasteiger charge is -2.07. The molecule has 0 spiro atoms. The molecule has 1 aromatic carbocycles. The maximum Gasteiger partial charge on any atom is 0.128 e. The lowest BCUT2D eigenvalue weighted by molar-refractivity contribution is 0.412. The summed E-state index contributed by atoms with van der Waals surface area (Å²) in [6.07, 6.45) is 1.97. The summed E-state index contributed by atoms with van der Waals surface area (Å²) in [5.74, 6) is 0.461. The molecule has 0 aliphatic carbocycles. The van der Waals surface area contributed by atoms with E-state index in [1.807, 2.05) is 0 Å². The number of rotatable bonds is 2. The van der Waals surface area contributed by atoms with E-state index in [9.17, 15) is 4.39 Å². The Bertz CT molecular complexity index is 374. The fourth-order valence-electron chi connectivity index (χ4n) is 1.67. The molecule has 0 amide bonds. The maximum absolute atomic E-state index is 13.0. The van der Waals surface area contributed by atoms with Gasteiger partial charge in [-0.1, -0.05) is 0 Å². The molecule has 2 rings (SSSR count). The van der Waals surface area contributed by atoms with Gasteiger partial charge < -0.3 is 4.74 Å². The summed E-state index contributed by atoms with van der Waals surface area (Å²) in [6.45, 7) is 0.842. The number of aliphatic imine (C=N–C) groups is 1. The largest absolute Gasteiger partial charge is 0.496 e.